The highest BCUT2D eigenvalue weighted by molar-refractivity contribution is 5.70. The first-order chi connectivity index (χ1) is 13.6. The zero-order valence-corrected chi connectivity index (χ0v) is 16.2. The lowest BCUT2D eigenvalue weighted by Gasteiger charge is -2.50. The zero-order chi connectivity index (χ0) is 19.6. The number of aliphatic carboxylic acids is 1. The number of likely N-dealkylation sites (tertiary alicyclic amines) is 1. The summed E-state index contributed by atoms with van der Waals surface area (Å²) in [5, 5.41) is 9.43. The summed E-state index contributed by atoms with van der Waals surface area (Å²) in [4.78, 5) is 14.1. The molecule has 4 rings (SSSR count). The lowest BCUT2D eigenvalue weighted by Crippen LogP contribution is -2.51. The van der Waals surface area contributed by atoms with Crippen LogP contribution in [-0.2, 0) is 10.3 Å². The van der Waals surface area contributed by atoms with E-state index in [9.17, 15) is 14.3 Å². The molecule has 0 spiro atoms. The molecule has 1 N–H and O–H groups in total. The second-order valence-electron chi connectivity index (χ2n) is 8.32. The van der Waals surface area contributed by atoms with E-state index in [1.807, 2.05) is 18.2 Å². The van der Waals surface area contributed by atoms with E-state index < -0.39 is 5.97 Å². The van der Waals surface area contributed by atoms with Crippen LogP contribution < -0.4 is 0 Å². The van der Waals surface area contributed by atoms with E-state index in [0.29, 0.717) is 5.92 Å². The largest absolute Gasteiger partial charge is 0.481 e. The molecule has 4 heteroatoms. The van der Waals surface area contributed by atoms with Gasteiger partial charge >= 0.3 is 5.97 Å². The summed E-state index contributed by atoms with van der Waals surface area (Å²) in [6, 6.07) is 17.6. The van der Waals surface area contributed by atoms with Gasteiger partial charge in [0.1, 0.15) is 5.82 Å². The Morgan fingerprint density at radius 1 is 0.929 bits per heavy atom. The molecule has 1 aliphatic heterocycles. The molecule has 2 aromatic rings. The fourth-order valence-corrected chi connectivity index (χ4v) is 5.25. The Kier molecular flexibility index (Phi) is 5.49. The highest BCUT2D eigenvalue weighted by atomic mass is 19.1. The van der Waals surface area contributed by atoms with E-state index in [1.54, 1.807) is 12.1 Å². The second-order valence-corrected chi connectivity index (χ2v) is 8.32. The highest BCUT2D eigenvalue weighted by Crippen LogP contribution is 2.46. The van der Waals surface area contributed by atoms with Gasteiger partial charge in [0.05, 0.1) is 5.92 Å². The minimum Gasteiger partial charge on any atom is -0.481 e. The molecule has 1 heterocycles. The quantitative estimate of drug-likeness (QED) is 0.794. The van der Waals surface area contributed by atoms with Crippen LogP contribution in [0.25, 0.3) is 0 Å². The third-order valence-corrected chi connectivity index (χ3v) is 6.91. The van der Waals surface area contributed by atoms with Gasteiger partial charge in [0.15, 0.2) is 0 Å². The van der Waals surface area contributed by atoms with Crippen LogP contribution >= 0.6 is 0 Å². The second kappa shape index (κ2) is 8.04. The molecule has 1 aliphatic carbocycles. The summed E-state index contributed by atoms with van der Waals surface area (Å²) in [6.07, 6.45) is 5.39. The van der Waals surface area contributed by atoms with E-state index in [0.717, 1.165) is 51.6 Å². The summed E-state index contributed by atoms with van der Waals surface area (Å²) in [7, 11) is 0. The maximum Gasteiger partial charge on any atom is 0.306 e. The Morgan fingerprint density at radius 2 is 1.54 bits per heavy atom. The standard InChI is InChI=1S/C24H28FNO2/c25-22-8-6-18(7-9-22)19-12-16-26(17-13-19)24(21-4-2-1-3-5-21)14-10-20(11-15-24)23(27)28/h1-9,19-20H,10-17H2,(H,27,28). The molecule has 1 saturated carbocycles. The number of carbonyl (C=O) groups is 1. The van der Waals surface area contributed by atoms with Crippen molar-refractivity contribution in [2.75, 3.05) is 13.1 Å². The van der Waals surface area contributed by atoms with E-state index in [-0.39, 0.29) is 17.3 Å². The molecule has 0 radical (unpaired) electrons. The molecule has 2 aliphatic rings. The van der Waals surface area contributed by atoms with Gasteiger partial charge in [-0.15, -0.1) is 0 Å². The number of hydrogen-bond acceptors (Lipinski definition) is 2. The molecule has 0 bridgehead atoms. The van der Waals surface area contributed by atoms with Crippen molar-refractivity contribution in [2.45, 2.75) is 50.0 Å². The Labute approximate surface area is 166 Å². The first-order valence-electron chi connectivity index (χ1n) is 10.4. The summed E-state index contributed by atoms with van der Waals surface area (Å²) in [5.74, 6) is -0.579. The number of carboxylic acid groups (broad SMARTS) is 1. The van der Waals surface area contributed by atoms with Crippen LogP contribution in [0.1, 0.15) is 55.6 Å². The fraction of sp³-hybridized carbons (Fsp3) is 0.458. The molecule has 28 heavy (non-hydrogen) atoms. The molecular formula is C24H28FNO2. The maximum atomic E-state index is 13.2. The lowest BCUT2D eigenvalue weighted by atomic mass is 9.70. The van der Waals surface area contributed by atoms with Gasteiger partial charge in [-0.05, 0) is 80.8 Å². The smallest absolute Gasteiger partial charge is 0.306 e. The number of halogens is 1. The summed E-state index contributed by atoms with van der Waals surface area (Å²) in [6.45, 7) is 1.99. The predicted octanol–water partition coefficient (Wildman–Crippen LogP) is 5.18. The first-order valence-corrected chi connectivity index (χ1v) is 10.4. The maximum absolute atomic E-state index is 13.2. The zero-order valence-electron chi connectivity index (χ0n) is 16.2. The van der Waals surface area contributed by atoms with Gasteiger partial charge in [-0.3, -0.25) is 9.69 Å². The van der Waals surface area contributed by atoms with Crippen molar-refractivity contribution < 1.29 is 14.3 Å². The van der Waals surface area contributed by atoms with Crippen molar-refractivity contribution in [2.24, 2.45) is 5.92 Å². The SMILES string of the molecule is O=C(O)C1CCC(c2ccccc2)(N2CCC(c3ccc(F)cc3)CC2)CC1. The molecule has 0 aromatic heterocycles. The van der Waals surface area contributed by atoms with E-state index in [4.69, 9.17) is 0 Å². The lowest BCUT2D eigenvalue weighted by molar-refractivity contribution is -0.144. The number of nitrogens with zero attached hydrogens (tertiary/aromatic N) is 1. The topological polar surface area (TPSA) is 40.5 Å². The van der Waals surface area contributed by atoms with Gasteiger partial charge in [-0.2, -0.15) is 0 Å². The van der Waals surface area contributed by atoms with Crippen LogP contribution in [0.2, 0.25) is 0 Å². The van der Waals surface area contributed by atoms with E-state index in [2.05, 4.69) is 29.2 Å². The molecule has 1 saturated heterocycles. The molecule has 0 amide bonds. The van der Waals surface area contributed by atoms with Gasteiger partial charge in [-0.1, -0.05) is 42.5 Å². The third kappa shape index (κ3) is 3.70. The van der Waals surface area contributed by atoms with Crippen molar-refractivity contribution in [1.82, 2.24) is 4.90 Å². The number of piperidine rings is 1. The minimum atomic E-state index is -0.656. The average molecular weight is 381 g/mol. The number of benzene rings is 2. The predicted molar refractivity (Wildman–Crippen MR) is 108 cm³/mol. The summed E-state index contributed by atoms with van der Waals surface area (Å²) >= 11 is 0. The van der Waals surface area contributed by atoms with Crippen molar-refractivity contribution in [3.8, 4) is 0 Å². The average Bonchev–Trinajstić information content (AvgIpc) is 2.75. The van der Waals surface area contributed by atoms with Gasteiger partial charge in [0.2, 0.25) is 0 Å². The first kappa shape index (κ1) is 19.1. The number of hydrogen-bond donors (Lipinski definition) is 1. The van der Waals surface area contributed by atoms with Gasteiger partial charge in [0, 0.05) is 5.54 Å². The molecule has 0 atom stereocenters. The van der Waals surface area contributed by atoms with Crippen LogP contribution in [0.3, 0.4) is 0 Å². The monoisotopic (exact) mass is 381 g/mol. The highest BCUT2D eigenvalue weighted by Gasteiger charge is 2.44. The van der Waals surface area contributed by atoms with Crippen molar-refractivity contribution in [3.63, 3.8) is 0 Å². The van der Waals surface area contributed by atoms with Gasteiger partial charge in [0.25, 0.3) is 0 Å². The van der Waals surface area contributed by atoms with Gasteiger partial charge in [-0.25, -0.2) is 4.39 Å². The van der Waals surface area contributed by atoms with E-state index >= 15 is 0 Å². The number of carboxylic acids is 1. The molecule has 2 fully saturated rings. The van der Waals surface area contributed by atoms with Crippen LogP contribution in [0.15, 0.2) is 54.6 Å². The fourth-order valence-electron chi connectivity index (χ4n) is 5.25. The normalized spacial score (nSPS) is 26.8. The molecule has 148 valence electrons. The van der Waals surface area contributed by atoms with Gasteiger partial charge < -0.3 is 5.11 Å². The molecule has 3 nitrogen and oxygen atoms in total. The third-order valence-electron chi connectivity index (χ3n) is 6.91. The van der Waals surface area contributed by atoms with Crippen molar-refractivity contribution >= 4 is 5.97 Å². The Hall–Kier alpha value is -2.20. The summed E-state index contributed by atoms with van der Waals surface area (Å²) in [5.41, 5.74) is 2.49. The molecular weight excluding hydrogens is 353 g/mol. The molecule has 2 aromatic carbocycles. The Bertz CT molecular complexity index is 789. The summed E-state index contributed by atoms with van der Waals surface area (Å²) < 4.78 is 13.2. The Morgan fingerprint density at radius 3 is 2.11 bits per heavy atom. The van der Waals surface area contributed by atoms with Crippen LogP contribution in [0.4, 0.5) is 4.39 Å². The van der Waals surface area contributed by atoms with Crippen LogP contribution in [0.5, 0.6) is 0 Å². The Balaban J connectivity index is 1.52. The number of rotatable bonds is 4. The molecule has 0 unspecified atom stereocenters. The van der Waals surface area contributed by atoms with Crippen molar-refractivity contribution in [3.05, 3.63) is 71.5 Å². The van der Waals surface area contributed by atoms with Crippen LogP contribution in [-0.4, -0.2) is 29.1 Å². The van der Waals surface area contributed by atoms with E-state index in [1.165, 1.54) is 11.1 Å². The minimum absolute atomic E-state index is 0.0546. The van der Waals surface area contributed by atoms with Crippen LogP contribution in [0, 0.1) is 11.7 Å². The van der Waals surface area contributed by atoms with Crippen molar-refractivity contribution in [1.29, 1.82) is 0 Å².